The van der Waals surface area contributed by atoms with Gasteiger partial charge in [-0.05, 0) is 24.7 Å². The normalized spacial score (nSPS) is 16.8. The highest BCUT2D eigenvalue weighted by atomic mass is 32.2. The molecule has 4 rings (SSSR count). The molecule has 2 aromatic heterocycles. The zero-order valence-electron chi connectivity index (χ0n) is 15.1. The number of nitrogens with one attached hydrogen (secondary N) is 1. The average Bonchev–Trinajstić information content (AvgIpc) is 3.04. The molecular weight excluding hydrogens is 364 g/mol. The lowest BCUT2D eigenvalue weighted by molar-refractivity contribution is 0.196. The van der Waals surface area contributed by atoms with Gasteiger partial charge in [0, 0.05) is 43.3 Å². The minimum atomic E-state index is -3.56. The van der Waals surface area contributed by atoms with Crippen LogP contribution in [0.5, 0.6) is 5.88 Å². The second-order valence-electron chi connectivity index (χ2n) is 6.61. The lowest BCUT2D eigenvalue weighted by Gasteiger charge is -2.33. The molecular formula is C19H22N4O3S. The molecule has 0 radical (unpaired) electrons. The van der Waals surface area contributed by atoms with Crippen molar-refractivity contribution in [2.24, 2.45) is 0 Å². The largest absolute Gasteiger partial charge is 0.494 e. The summed E-state index contributed by atoms with van der Waals surface area (Å²) in [5.74, 6) is 0.0231. The fourth-order valence-corrected chi connectivity index (χ4v) is 4.87. The molecule has 7 nitrogen and oxygen atoms in total. The number of aromatic hydroxyl groups is 1. The van der Waals surface area contributed by atoms with Gasteiger partial charge in [0.2, 0.25) is 10.0 Å². The van der Waals surface area contributed by atoms with Crippen molar-refractivity contribution in [3.05, 3.63) is 42.6 Å². The van der Waals surface area contributed by atoms with Crippen LogP contribution in [0.25, 0.3) is 22.2 Å². The summed E-state index contributed by atoms with van der Waals surface area (Å²) >= 11 is 0. The fourth-order valence-electron chi connectivity index (χ4n) is 3.50. The van der Waals surface area contributed by atoms with Gasteiger partial charge in [-0.3, -0.25) is 4.98 Å². The smallest absolute Gasteiger partial charge is 0.244 e. The highest BCUT2D eigenvalue weighted by molar-refractivity contribution is 7.89. The molecule has 0 bridgehead atoms. The minimum absolute atomic E-state index is 0.0231. The quantitative estimate of drug-likeness (QED) is 0.718. The summed E-state index contributed by atoms with van der Waals surface area (Å²) < 4.78 is 27.3. The van der Waals surface area contributed by atoms with E-state index in [0.717, 1.165) is 30.5 Å². The molecule has 3 aromatic rings. The zero-order valence-corrected chi connectivity index (χ0v) is 15.9. The predicted octanol–water partition coefficient (Wildman–Crippen LogP) is 2.26. The molecule has 1 aliphatic heterocycles. The van der Waals surface area contributed by atoms with Crippen molar-refractivity contribution >= 4 is 20.9 Å². The second kappa shape index (κ2) is 6.95. The van der Waals surface area contributed by atoms with E-state index in [0.29, 0.717) is 24.3 Å². The van der Waals surface area contributed by atoms with Crippen molar-refractivity contribution in [1.29, 1.82) is 0 Å². The van der Waals surface area contributed by atoms with Gasteiger partial charge in [-0.25, -0.2) is 8.42 Å². The molecule has 27 heavy (non-hydrogen) atoms. The molecule has 142 valence electrons. The zero-order chi connectivity index (χ0) is 19.0. The van der Waals surface area contributed by atoms with Gasteiger partial charge in [0.1, 0.15) is 4.90 Å². The first kappa shape index (κ1) is 18.0. The summed E-state index contributed by atoms with van der Waals surface area (Å²) in [6.07, 6.45) is 1.37. The number of nitrogens with zero attached hydrogens (tertiary/aromatic N) is 3. The van der Waals surface area contributed by atoms with Crippen molar-refractivity contribution in [2.45, 2.75) is 11.8 Å². The van der Waals surface area contributed by atoms with E-state index in [1.165, 1.54) is 10.5 Å². The van der Waals surface area contributed by atoms with E-state index >= 15 is 0 Å². The molecule has 1 fully saturated rings. The molecule has 1 aromatic carbocycles. The van der Waals surface area contributed by atoms with E-state index in [1.54, 1.807) is 12.1 Å². The van der Waals surface area contributed by atoms with Crippen LogP contribution in [0.1, 0.15) is 6.92 Å². The number of aromatic amines is 1. The van der Waals surface area contributed by atoms with E-state index in [-0.39, 0.29) is 10.8 Å². The molecule has 0 atom stereocenters. The summed E-state index contributed by atoms with van der Waals surface area (Å²) in [4.78, 5) is 9.65. The minimum Gasteiger partial charge on any atom is -0.494 e. The number of hydrogen-bond donors (Lipinski definition) is 2. The van der Waals surface area contributed by atoms with Gasteiger partial charge >= 0.3 is 0 Å². The van der Waals surface area contributed by atoms with E-state index in [2.05, 4.69) is 21.8 Å². The number of para-hydroxylation sites is 1. The van der Waals surface area contributed by atoms with Crippen LogP contribution >= 0.6 is 0 Å². The van der Waals surface area contributed by atoms with Crippen molar-refractivity contribution in [3.63, 3.8) is 0 Å². The third kappa shape index (κ3) is 3.20. The van der Waals surface area contributed by atoms with Crippen LogP contribution in [0, 0.1) is 0 Å². The highest BCUT2D eigenvalue weighted by Crippen LogP contribution is 2.35. The van der Waals surface area contributed by atoms with E-state index in [1.807, 2.05) is 24.3 Å². The molecule has 3 heterocycles. The lowest BCUT2D eigenvalue weighted by atomic mass is 10.1. The number of piperazine rings is 1. The van der Waals surface area contributed by atoms with Crippen LogP contribution < -0.4 is 0 Å². The summed E-state index contributed by atoms with van der Waals surface area (Å²) in [5, 5.41) is 11.1. The van der Waals surface area contributed by atoms with Gasteiger partial charge < -0.3 is 15.0 Å². The summed E-state index contributed by atoms with van der Waals surface area (Å²) in [7, 11) is -3.56. The maximum Gasteiger partial charge on any atom is 0.244 e. The van der Waals surface area contributed by atoms with E-state index < -0.39 is 10.0 Å². The van der Waals surface area contributed by atoms with Crippen LogP contribution in [0.3, 0.4) is 0 Å². The molecule has 1 aliphatic rings. The fraction of sp³-hybridized carbons (Fsp3) is 0.316. The van der Waals surface area contributed by atoms with Gasteiger partial charge in [0.25, 0.3) is 0 Å². The molecule has 0 saturated carbocycles. The van der Waals surface area contributed by atoms with Crippen molar-refractivity contribution < 1.29 is 13.5 Å². The van der Waals surface area contributed by atoms with Crippen molar-refractivity contribution in [1.82, 2.24) is 19.2 Å². The first-order valence-electron chi connectivity index (χ1n) is 8.99. The predicted molar refractivity (Wildman–Crippen MR) is 104 cm³/mol. The second-order valence-corrected chi connectivity index (χ2v) is 8.55. The first-order chi connectivity index (χ1) is 13.0. The van der Waals surface area contributed by atoms with Crippen LogP contribution in [0.4, 0.5) is 0 Å². The van der Waals surface area contributed by atoms with Gasteiger partial charge in [-0.2, -0.15) is 4.31 Å². The Labute approximate surface area is 158 Å². The molecule has 8 heteroatoms. The number of likely N-dealkylation sites (N-methyl/N-ethyl adjacent to an activating group) is 1. The van der Waals surface area contributed by atoms with Crippen LogP contribution in [-0.2, 0) is 10.0 Å². The third-order valence-corrected chi connectivity index (χ3v) is 6.98. The maximum atomic E-state index is 12.9. The average molecular weight is 386 g/mol. The molecule has 0 aliphatic carbocycles. The first-order valence-corrected chi connectivity index (χ1v) is 10.4. The highest BCUT2D eigenvalue weighted by Gasteiger charge is 2.28. The summed E-state index contributed by atoms with van der Waals surface area (Å²) in [6, 6.07) is 10.7. The topological polar surface area (TPSA) is 89.5 Å². The maximum absolute atomic E-state index is 12.9. The molecule has 0 unspecified atom stereocenters. The van der Waals surface area contributed by atoms with Gasteiger partial charge in [-0.1, -0.05) is 25.1 Å². The lowest BCUT2D eigenvalue weighted by Crippen LogP contribution is -2.48. The van der Waals surface area contributed by atoms with Gasteiger partial charge in [-0.15, -0.1) is 0 Å². The Bertz CT molecular complexity index is 1050. The number of hydrogen-bond acceptors (Lipinski definition) is 5. The van der Waals surface area contributed by atoms with Crippen molar-refractivity contribution in [2.75, 3.05) is 32.7 Å². The van der Waals surface area contributed by atoms with Gasteiger partial charge in [0.15, 0.2) is 5.88 Å². The molecule has 1 saturated heterocycles. The number of pyridine rings is 1. The van der Waals surface area contributed by atoms with Crippen LogP contribution in [0.2, 0.25) is 0 Å². The molecule has 0 spiro atoms. The standard InChI is InChI=1S/C19H22N4O3S/c1-2-22-9-11-23(12-10-22)27(25,26)14-7-8-17(20-13-14)18-15-5-3-4-6-16(15)21-19(18)24/h3-8,13,21,24H,2,9-12H2,1H3. The summed E-state index contributed by atoms with van der Waals surface area (Å²) in [6.45, 7) is 5.46. The number of benzene rings is 1. The number of sulfonamides is 1. The Hall–Kier alpha value is -2.42. The number of H-pyrrole nitrogens is 1. The van der Waals surface area contributed by atoms with Crippen molar-refractivity contribution in [3.8, 4) is 17.1 Å². The Balaban J connectivity index is 1.63. The van der Waals surface area contributed by atoms with Gasteiger partial charge in [0.05, 0.1) is 11.3 Å². The number of fused-ring (bicyclic) bond motifs is 1. The van der Waals surface area contributed by atoms with E-state index in [9.17, 15) is 13.5 Å². The molecule has 0 amide bonds. The number of aromatic nitrogens is 2. The monoisotopic (exact) mass is 386 g/mol. The van der Waals surface area contributed by atoms with Crippen LogP contribution in [0.15, 0.2) is 47.5 Å². The van der Waals surface area contributed by atoms with E-state index in [4.69, 9.17) is 0 Å². The third-order valence-electron chi connectivity index (χ3n) is 5.10. The Morgan fingerprint density at radius 2 is 1.85 bits per heavy atom. The molecule has 2 N–H and O–H groups in total. The SMILES string of the molecule is CCN1CCN(S(=O)(=O)c2ccc(-c3c(O)[nH]c4ccccc34)nc2)CC1. The summed E-state index contributed by atoms with van der Waals surface area (Å²) in [5.41, 5.74) is 1.91. The number of rotatable bonds is 4. The van der Waals surface area contributed by atoms with Crippen LogP contribution in [-0.4, -0.2) is 65.4 Å². The Morgan fingerprint density at radius 3 is 2.52 bits per heavy atom. The Kier molecular flexibility index (Phi) is 4.63. The Morgan fingerprint density at radius 1 is 1.11 bits per heavy atom.